The molecule has 0 fully saturated rings. The van der Waals surface area contributed by atoms with Crippen molar-refractivity contribution >= 4 is 13.8 Å². The molecule has 0 heterocycles. The summed E-state index contributed by atoms with van der Waals surface area (Å²) in [5.74, 6) is -0.331. The minimum atomic E-state index is -4.51. The number of likely N-dealkylation sites (N-methyl/N-ethyl adjacent to an activating group) is 1. The number of rotatable bonds is 37. The molecule has 0 radical (unpaired) electrons. The molecule has 0 aliphatic heterocycles. The largest absolute Gasteiger partial charge is 0.756 e. The van der Waals surface area contributed by atoms with Gasteiger partial charge in [-0.3, -0.25) is 9.36 Å². The lowest BCUT2D eigenvalue weighted by Crippen LogP contribution is -2.37. The zero-order chi connectivity index (χ0) is 34.9. The highest BCUT2D eigenvalue weighted by Gasteiger charge is 2.20. The first kappa shape index (κ1) is 46.5. The van der Waals surface area contributed by atoms with E-state index >= 15 is 0 Å². The summed E-state index contributed by atoms with van der Waals surface area (Å²) in [6.45, 7) is 5.44. The number of quaternary nitrogens is 1. The number of phosphoric ester groups is 1. The van der Waals surface area contributed by atoms with E-state index in [1.807, 2.05) is 21.1 Å². The Hall–Kier alpha value is -0.500. The first-order valence-electron chi connectivity index (χ1n) is 19.8. The summed E-state index contributed by atoms with van der Waals surface area (Å²) in [7, 11) is 1.37. The molecule has 2 atom stereocenters. The third-order valence-electron chi connectivity index (χ3n) is 8.66. The highest BCUT2D eigenvalue weighted by Crippen LogP contribution is 2.38. The fourth-order valence-corrected chi connectivity index (χ4v) is 6.27. The lowest BCUT2D eigenvalue weighted by Gasteiger charge is -2.28. The highest BCUT2D eigenvalue weighted by molar-refractivity contribution is 7.45. The van der Waals surface area contributed by atoms with E-state index in [1.165, 1.54) is 128 Å². The number of nitrogens with zero attached hydrogens (tertiary/aromatic N) is 1. The summed E-state index contributed by atoms with van der Waals surface area (Å²) < 4.78 is 34.4. The van der Waals surface area contributed by atoms with Gasteiger partial charge in [-0.1, -0.05) is 162 Å². The van der Waals surface area contributed by atoms with Crippen molar-refractivity contribution in [3.63, 3.8) is 0 Å². The van der Waals surface area contributed by atoms with Gasteiger partial charge in [-0.2, -0.15) is 0 Å². The van der Waals surface area contributed by atoms with Crippen LogP contribution in [-0.2, 0) is 27.9 Å². The molecular formula is C38H78NO7P. The average Bonchev–Trinajstić information content (AvgIpc) is 3.01. The molecule has 0 amide bonds. The molecule has 0 aliphatic carbocycles. The van der Waals surface area contributed by atoms with Gasteiger partial charge >= 0.3 is 5.97 Å². The quantitative estimate of drug-likeness (QED) is 0.0277. The Morgan fingerprint density at radius 1 is 0.574 bits per heavy atom. The first-order valence-corrected chi connectivity index (χ1v) is 21.2. The van der Waals surface area contributed by atoms with E-state index < -0.39 is 13.9 Å². The fraction of sp³-hybridized carbons (Fsp3) is 0.974. The number of esters is 1. The maximum Gasteiger partial charge on any atom is 0.306 e. The summed E-state index contributed by atoms with van der Waals surface area (Å²) >= 11 is 0. The van der Waals surface area contributed by atoms with Gasteiger partial charge in [-0.15, -0.1) is 0 Å². The molecule has 0 saturated carbocycles. The number of hydrogen-bond acceptors (Lipinski definition) is 7. The van der Waals surface area contributed by atoms with Gasteiger partial charge in [0.15, 0.2) is 0 Å². The molecule has 8 nitrogen and oxygen atoms in total. The lowest BCUT2D eigenvalue weighted by atomic mass is 10.0. The maximum absolute atomic E-state index is 12.6. The average molecular weight is 692 g/mol. The summed E-state index contributed by atoms with van der Waals surface area (Å²) in [5.41, 5.74) is 0. The van der Waals surface area contributed by atoms with E-state index in [4.69, 9.17) is 18.5 Å². The lowest BCUT2D eigenvalue weighted by molar-refractivity contribution is -0.870. The molecule has 47 heavy (non-hydrogen) atoms. The molecule has 0 N–H and O–H groups in total. The molecule has 282 valence electrons. The molecule has 0 aromatic carbocycles. The van der Waals surface area contributed by atoms with Crippen LogP contribution in [0.1, 0.15) is 181 Å². The predicted molar refractivity (Wildman–Crippen MR) is 194 cm³/mol. The predicted octanol–water partition coefficient (Wildman–Crippen LogP) is 10.3. The Morgan fingerprint density at radius 3 is 1.40 bits per heavy atom. The van der Waals surface area contributed by atoms with E-state index in [-0.39, 0.29) is 25.8 Å². The van der Waals surface area contributed by atoms with Crippen molar-refractivity contribution in [2.45, 2.75) is 187 Å². The molecule has 2 unspecified atom stereocenters. The second kappa shape index (κ2) is 32.7. The maximum atomic E-state index is 12.6. The van der Waals surface area contributed by atoms with Gasteiger partial charge in [0.1, 0.15) is 19.3 Å². The molecular weight excluding hydrogens is 613 g/mol. The Kier molecular flexibility index (Phi) is 32.3. The second-order valence-electron chi connectivity index (χ2n) is 14.7. The summed E-state index contributed by atoms with van der Waals surface area (Å²) in [6.07, 6.45) is 31.0. The standard InChI is InChI=1S/C38H78NO7P/c1-6-8-10-12-14-16-18-20-21-23-25-27-29-31-38(40)46-37(36-45-47(41,42)44-34-32-39(3,4)5)35-43-33-30-28-26-24-22-19-17-15-13-11-9-7-2/h37H,6-36H2,1-5H3. The van der Waals surface area contributed by atoms with Crippen molar-refractivity contribution in [2.24, 2.45) is 0 Å². The number of hydrogen-bond donors (Lipinski definition) is 0. The van der Waals surface area contributed by atoms with Crippen molar-refractivity contribution in [3.05, 3.63) is 0 Å². The van der Waals surface area contributed by atoms with Crippen LogP contribution in [0.5, 0.6) is 0 Å². The van der Waals surface area contributed by atoms with E-state index in [2.05, 4.69) is 13.8 Å². The number of unbranched alkanes of at least 4 members (excludes halogenated alkanes) is 23. The molecule has 0 aliphatic rings. The SMILES string of the molecule is CCCCCCCCCCCCCCCC(=O)OC(COCCCCCCCCCCCCCC)COP(=O)([O-])OCC[N+](C)(C)C. The summed E-state index contributed by atoms with van der Waals surface area (Å²) in [5, 5.41) is 0. The Balaban J connectivity index is 4.26. The highest BCUT2D eigenvalue weighted by atomic mass is 31.2. The molecule has 0 spiro atoms. The number of carbonyl (C=O) groups excluding carboxylic acids is 1. The van der Waals surface area contributed by atoms with Crippen LogP contribution in [0.2, 0.25) is 0 Å². The molecule has 9 heteroatoms. The smallest absolute Gasteiger partial charge is 0.306 e. The van der Waals surface area contributed by atoms with Crippen LogP contribution in [0, 0.1) is 0 Å². The normalized spacial score (nSPS) is 13.9. The van der Waals surface area contributed by atoms with E-state index in [1.54, 1.807) is 0 Å². The van der Waals surface area contributed by atoms with Gasteiger partial charge in [0.25, 0.3) is 7.82 Å². The summed E-state index contributed by atoms with van der Waals surface area (Å²) in [6, 6.07) is 0. The molecule has 0 bridgehead atoms. The minimum Gasteiger partial charge on any atom is -0.756 e. The van der Waals surface area contributed by atoms with Crippen molar-refractivity contribution in [2.75, 3.05) is 54.1 Å². The van der Waals surface area contributed by atoms with Crippen LogP contribution in [-0.4, -0.2) is 70.7 Å². The van der Waals surface area contributed by atoms with Gasteiger partial charge < -0.3 is 27.9 Å². The van der Waals surface area contributed by atoms with Gasteiger partial charge in [0.05, 0.1) is 34.4 Å². The first-order chi connectivity index (χ1) is 22.6. The van der Waals surface area contributed by atoms with Crippen LogP contribution < -0.4 is 4.89 Å². The Morgan fingerprint density at radius 2 is 0.979 bits per heavy atom. The number of phosphoric acid groups is 1. The van der Waals surface area contributed by atoms with Crippen LogP contribution >= 0.6 is 7.82 Å². The molecule has 0 aromatic rings. The van der Waals surface area contributed by atoms with E-state index in [0.717, 1.165) is 32.1 Å². The van der Waals surface area contributed by atoms with Crippen molar-refractivity contribution in [1.82, 2.24) is 0 Å². The van der Waals surface area contributed by atoms with E-state index in [9.17, 15) is 14.3 Å². The fourth-order valence-electron chi connectivity index (χ4n) is 5.55. The van der Waals surface area contributed by atoms with Crippen molar-refractivity contribution in [3.8, 4) is 0 Å². The number of carbonyl (C=O) groups is 1. The van der Waals surface area contributed by atoms with Gasteiger partial charge in [0.2, 0.25) is 0 Å². The van der Waals surface area contributed by atoms with Crippen LogP contribution in [0.15, 0.2) is 0 Å². The van der Waals surface area contributed by atoms with E-state index in [0.29, 0.717) is 24.1 Å². The van der Waals surface area contributed by atoms with Crippen LogP contribution in [0.4, 0.5) is 0 Å². The monoisotopic (exact) mass is 692 g/mol. The Labute approximate surface area is 291 Å². The second-order valence-corrected chi connectivity index (χ2v) is 16.1. The van der Waals surface area contributed by atoms with Gasteiger partial charge in [-0.25, -0.2) is 0 Å². The topological polar surface area (TPSA) is 94.1 Å². The van der Waals surface area contributed by atoms with Gasteiger partial charge in [-0.05, 0) is 12.8 Å². The van der Waals surface area contributed by atoms with Crippen LogP contribution in [0.3, 0.4) is 0 Å². The summed E-state index contributed by atoms with van der Waals surface area (Å²) in [4.78, 5) is 24.9. The molecule has 0 saturated heterocycles. The van der Waals surface area contributed by atoms with Gasteiger partial charge in [0, 0.05) is 13.0 Å². The zero-order valence-corrected chi connectivity index (χ0v) is 32.6. The Bertz CT molecular complexity index is 731. The number of ether oxygens (including phenoxy) is 2. The van der Waals surface area contributed by atoms with Crippen LogP contribution in [0.25, 0.3) is 0 Å². The van der Waals surface area contributed by atoms with Crippen molar-refractivity contribution in [1.29, 1.82) is 0 Å². The van der Waals surface area contributed by atoms with Crippen molar-refractivity contribution < 1.29 is 37.3 Å². The molecule has 0 rings (SSSR count). The minimum absolute atomic E-state index is 0.0310. The third kappa shape index (κ3) is 36.6. The third-order valence-corrected chi connectivity index (χ3v) is 9.62. The zero-order valence-electron chi connectivity index (χ0n) is 31.7. The molecule has 0 aromatic heterocycles.